The van der Waals surface area contributed by atoms with Crippen molar-refractivity contribution in [3.63, 3.8) is 0 Å². The van der Waals surface area contributed by atoms with Gasteiger partial charge in [0.1, 0.15) is 0 Å². The summed E-state index contributed by atoms with van der Waals surface area (Å²) in [6.45, 7) is 7.02. The van der Waals surface area contributed by atoms with Crippen LogP contribution in [0.2, 0.25) is 0 Å². The second-order valence-electron chi connectivity index (χ2n) is 5.08. The van der Waals surface area contributed by atoms with Gasteiger partial charge in [-0.1, -0.05) is 43.2 Å². The summed E-state index contributed by atoms with van der Waals surface area (Å²) in [4.78, 5) is 0. The first-order valence-electron chi connectivity index (χ1n) is 8.21. The van der Waals surface area contributed by atoms with Gasteiger partial charge in [0.25, 0.3) is 0 Å². The van der Waals surface area contributed by atoms with Crippen LogP contribution in [0.15, 0.2) is 30.3 Å². The van der Waals surface area contributed by atoms with Gasteiger partial charge in [0.15, 0.2) is 6.29 Å². The van der Waals surface area contributed by atoms with E-state index in [0.29, 0.717) is 0 Å². The van der Waals surface area contributed by atoms with Crippen LogP contribution >= 0.6 is 0 Å². The molecular weight excluding hydrogens is 264 g/mol. The largest absolute Gasteiger partial charge is 0.377 e. The van der Waals surface area contributed by atoms with Crippen LogP contribution < -0.4 is 0 Å². The van der Waals surface area contributed by atoms with Crippen LogP contribution in [0.1, 0.15) is 51.5 Å². The van der Waals surface area contributed by atoms with Gasteiger partial charge in [-0.3, -0.25) is 0 Å². The molecule has 1 aromatic rings. The topological polar surface area (TPSA) is 27.7 Å². The van der Waals surface area contributed by atoms with Crippen LogP contribution in [-0.4, -0.2) is 26.1 Å². The van der Waals surface area contributed by atoms with Crippen molar-refractivity contribution in [3.8, 4) is 0 Å². The van der Waals surface area contributed by atoms with E-state index in [1.54, 1.807) is 0 Å². The molecule has 0 bridgehead atoms. The van der Waals surface area contributed by atoms with E-state index < -0.39 is 0 Å². The number of benzene rings is 1. The molecule has 0 amide bonds. The molecule has 0 unspecified atom stereocenters. The minimum atomic E-state index is -0.0191. The van der Waals surface area contributed by atoms with Crippen LogP contribution in [0.3, 0.4) is 0 Å². The van der Waals surface area contributed by atoms with Crippen molar-refractivity contribution < 1.29 is 14.2 Å². The molecule has 0 N–H and O–H groups in total. The highest BCUT2D eigenvalue weighted by molar-refractivity contribution is 5.13. The fraction of sp³-hybridized carbons (Fsp3) is 0.667. The lowest BCUT2D eigenvalue weighted by molar-refractivity contribution is -0.140. The Labute approximate surface area is 129 Å². The Kier molecular flexibility index (Phi) is 11.1. The summed E-state index contributed by atoms with van der Waals surface area (Å²) in [5.41, 5.74) is 1.24. The van der Waals surface area contributed by atoms with Crippen molar-refractivity contribution in [2.45, 2.75) is 58.8 Å². The molecule has 0 aliphatic rings. The van der Waals surface area contributed by atoms with E-state index in [1.165, 1.54) is 18.4 Å². The smallest absolute Gasteiger partial charge is 0.157 e. The van der Waals surface area contributed by atoms with Gasteiger partial charge in [0, 0.05) is 19.8 Å². The van der Waals surface area contributed by atoms with Crippen molar-refractivity contribution in [1.82, 2.24) is 0 Å². The number of hydrogen-bond donors (Lipinski definition) is 0. The van der Waals surface area contributed by atoms with Gasteiger partial charge in [-0.05, 0) is 38.7 Å². The maximum Gasteiger partial charge on any atom is 0.157 e. The number of ether oxygens (including phenoxy) is 3. The highest BCUT2D eigenvalue weighted by Gasteiger charge is 2.06. The lowest BCUT2D eigenvalue weighted by atomic mass is 10.1. The summed E-state index contributed by atoms with van der Waals surface area (Å²) in [5.74, 6) is 0. The zero-order chi connectivity index (χ0) is 15.2. The molecule has 0 saturated heterocycles. The quantitative estimate of drug-likeness (QED) is 0.394. The van der Waals surface area contributed by atoms with Gasteiger partial charge in [-0.2, -0.15) is 0 Å². The monoisotopic (exact) mass is 294 g/mol. The molecule has 120 valence electrons. The average Bonchev–Trinajstić information content (AvgIpc) is 2.51. The van der Waals surface area contributed by atoms with Gasteiger partial charge in [0.2, 0.25) is 0 Å². The fourth-order valence-corrected chi connectivity index (χ4v) is 2.22. The summed E-state index contributed by atoms with van der Waals surface area (Å²) in [6, 6.07) is 10.3. The second-order valence-corrected chi connectivity index (χ2v) is 5.08. The third kappa shape index (κ3) is 9.62. The summed E-state index contributed by atoms with van der Waals surface area (Å²) in [6.07, 6.45) is 5.68. The van der Waals surface area contributed by atoms with Crippen LogP contribution in [0.25, 0.3) is 0 Å². The molecule has 0 spiro atoms. The zero-order valence-electron chi connectivity index (χ0n) is 13.6. The normalized spacial score (nSPS) is 11.2. The number of rotatable bonds is 13. The fourth-order valence-electron chi connectivity index (χ4n) is 2.22. The zero-order valence-corrected chi connectivity index (χ0v) is 13.6. The van der Waals surface area contributed by atoms with Crippen molar-refractivity contribution in [2.75, 3.05) is 19.8 Å². The van der Waals surface area contributed by atoms with E-state index in [0.717, 1.165) is 45.7 Å². The molecule has 21 heavy (non-hydrogen) atoms. The molecule has 0 saturated carbocycles. The third-order valence-corrected chi connectivity index (χ3v) is 3.30. The van der Waals surface area contributed by atoms with E-state index in [2.05, 4.69) is 12.1 Å². The highest BCUT2D eigenvalue weighted by atomic mass is 16.7. The predicted octanol–water partition coefficient (Wildman–Crippen LogP) is 4.55. The van der Waals surface area contributed by atoms with E-state index in [1.807, 2.05) is 32.0 Å². The van der Waals surface area contributed by atoms with Gasteiger partial charge < -0.3 is 14.2 Å². The maximum absolute atomic E-state index is 5.68. The Morgan fingerprint density at radius 3 is 2.19 bits per heavy atom. The number of hydrogen-bond acceptors (Lipinski definition) is 3. The van der Waals surface area contributed by atoms with Crippen molar-refractivity contribution in [2.24, 2.45) is 0 Å². The van der Waals surface area contributed by atoms with Crippen LogP contribution in [0.5, 0.6) is 0 Å². The van der Waals surface area contributed by atoms with Crippen LogP contribution in [0.4, 0.5) is 0 Å². The molecule has 0 aromatic heterocycles. The Balaban J connectivity index is 1.92. The molecule has 1 aromatic carbocycles. The summed E-state index contributed by atoms with van der Waals surface area (Å²) in [5, 5.41) is 0. The average molecular weight is 294 g/mol. The molecule has 3 heteroatoms. The highest BCUT2D eigenvalue weighted by Crippen LogP contribution is 2.10. The van der Waals surface area contributed by atoms with E-state index >= 15 is 0 Å². The maximum atomic E-state index is 5.68. The molecular formula is C18H30O3. The molecule has 0 heterocycles. The first kappa shape index (κ1) is 18.1. The second kappa shape index (κ2) is 12.8. The third-order valence-electron chi connectivity index (χ3n) is 3.30. The summed E-state index contributed by atoms with van der Waals surface area (Å²) >= 11 is 0. The lowest BCUT2D eigenvalue weighted by Gasteiger charge is -2.16. The van der Waals surface area contributed by atoms with Crippen molar-refractivity contribution in [1.29, 1.82) is 0 Å². The Bertz CT molecular complexity index is 320. The van der Waals surface area contributed by atoms with Crippen LogP contribution in [0, 0.1) is 0 Å². The van der Waals surface area contributed by atoms with E-state index in [-0.39, 0.29) is 6.29 Å². The van der Waals surface area contributed by atoms with E-state index in [9.17, 15) is 0 Å². The van der Waals surface area contributed by atoms with Crippen LogP contribution in [-0.2, 0) is 20.8 Å². The summed E-state index contributed by atoms with van der Waals surface area (Å²) < 4.78 is 16.7. The van der Waals surface area contributed by atoms with Gasteiger partial charge in [-0.25, -0.2) is 0 Å². The van der Waals surface area contributed by atoms with Gasteiger partial charge >= 0.3 is 0 Å². The standard InChI is InChI=1S/C18H30O3/c1-3-20-18(21-4-2)14-10-5-6-11-15-19-16-17-12-8-7-9-13-17/h7-9,12-13,18H,3-6,10-11,14-16H2,1-2H3. The van der Waals surface area contributed by atoms with Gasteiger partial charge in [0.05, 0.1) is 6.61 Å². The molecule has 0 fully saturated rings. The van der Waals surface area contributed by atoms with Gasteiger partial charge in [-0.15, -0.1) is 0 Å². The first-order valence-corrected chi connectivity index (χ1v) is 8.21. The number of unbranched alkanes of at least 4 members (excludes halogenated alkanes) is 3. The first-order chi connectivity index (χ1) is 10.4. The molecule has 3 nitrogen and oxygen atoms in total. The van der Waals surface area contributed by atoms with Crippen molar-refractivity contribution in [3.05, 3.63) is 35.9 Å². The Morgan fingerprint density at radius 1 is 0.857 bits per heavy atom. The Hall–Kier alpha value is -0.900. The Morgan fingerprint density at radius 2 is 1.52 bits per heavy atom. The lowest BCUT2D eigenvalue weighted by Crippen LogP contribution is -2.17. The molecule has 0 atom stereocenters. The molecule has 0 aliphatic carbocycles. The minimum absolute atomic E-state index is 0.0191. The minimum Gasteiger partial charge on any atom is -0.377 e. The molecule has 0 radical (unpaired) electrons. The summed E-state index contributed by atoms with van der Waals surface area (Å²) in [7, 11) is 0. The SMILES string of the molecule is CCOC(CCCCCCOCc1ccccc1)OCC. The molecule has 0 aliphatic heterocycles. The molecule has 1 rings (SSSR count). The van der Waals surface area contributed by atoms with E-state index in [4.69, 9.17) is 14.2 Å². The van der Waals surface area contributed by atoms with Crippen molar-refractivity contribution >= 4 is 0 Å². The predicted molar refractivity (Wildman–Crippen MR) is 86.2 cm³/mol.